The van der Waals surface area contributed by atoms with Crippen LogP contribution in [0.15, 0.2) is 65.4 Å². The third-order valence-corrected chi connectivity index (χ3v) is 10.0. The van der Waals surface area contributed by atoms with Crippen molar-refractivity contribution in [3.8, 4) is 0 Å². The summed E-state index contributed by atoms with van der Waals surface area (Å²) in [4.78, 5) is 17.9. The standard InChI is InChI=1S/C31H34Cl2N2O2S/c32-27-7-6-23(29(33)15-27)17-35-19-26(28(20-35)24-8-13-38-21-24)18-34-11-9-31(10-12-34)16-25(30(36)37-31)14-22-4-2-1-3-5-22/h1-8,13,15,21,25-26,28H,9-12,14,16-20H2. The molecule has 3 atom stereocenters. The molecule has 4 heterocycles. The van der Waals surface area contributed by atoms with Gasteiger partial charge in [0.1, 0.15) is 5.60 Å². The topological polar surface area (TPSA) is 32.8 Å². The van der Waals surface area contributed by atoms with Crippen LogP contribution in [0.5, 0.6) is 0 Å². The molecule has 3 unspecified atom stereocenters. The highest BCUT2D eigenvalue weighted by Crippen LogP contribution is 2.42. The van der Waals surface area contributed by atoms with Gasteiger partial charge in [-0.2, -0.15) is 11.3 Å². The molecule has 3 aliphatic rings. The van der Waals surface area contributed by atoms with E-state index >= 15 is 0 Å². The molecule has 7 heteroatoms. The van der Waals surface area contributed by atoms with Crippen molar-refractivity contribution in [3.63, 3.8) is 0 Å². The summed E-state index contributed by atoms with van der Waals surface area (Å²) >= 11 is 14.4. The van der Waals surface area contributed by atoms with Crippen molar-refractivity contribution >= 4 is 40.5 Å². The summed E-state index contributed by atoms with van der Waals surface area (Å²) in [5.74, 6) is 1.05. The minimum Gasteiger partial charge on any atom is -0.459 e. The molecular weight excluding hydrogens is 535 g/mol. The van der Waals surface area contributed by atoms with Crippen molar-refractivity contribution < 1.29 is 9.53 Å². The number of nitrogens with zero attached hydrogens (tertiary/aromatic N) is 2. The van der Waals surface area contributed by atoms with Crippen LogP contribution in [0.25, 0.3) is 0 Å². The zero-order valence-electron chi connectivity index (χ0n) is 21.5. The fraction of sp³-hybridized carbons (Fsp3) is 0.452. The minimum atomic E-state index is -0.271. The summed E-state index contributed by atoms with van der Waals surface area (Å²) in [5, 5.41) is 5.92. The molecule has 1 aromatic heterocycles. The number of ether oxygens (including phenoxy) is 1. The number of likely N-dealkylation sites (tertiary alicyclic amines) is 2. The van der Waals surface area contributed by atoms with Crippen molar-refractivity contribution in [3.05, 3.63) is 92.1 Å². The molecule has 3 saturated heterocycles. The van der Waals surface area contributed by atoms with E-state index < -0.39 is 0 Å². The van der Waals surface area contributed by atoms with E-state index in [1.54, 1.807) is 11.3 Å². The first-order valence-electron chi connectivity index (χ1n) is 13.6. The second-order valence-electron chi connectivity index (χ2n) is 11.3. The SMILES string of the molecule is O=C1OC2(CCN(CC3CN(Cc4ccc(Cl)cc4Cl)CC3c3ccsc3)CC2)CC1Cc1ccccc1. The van der Waals surface area contributed by atoms with Gasteiger partial charge in [0.25, 0.3) is 0 Å². The Kier molecular flexibility index (Phi) is 7.84. The Balaban J connectivity index is 1.07. The zero-order chi connectivity index (χ0) is 26.1. The molecule has 4 nitrogen and oxygen atoms in total. The number of thiophene rings is 1. The maximum Gasteiger partial charge on any atom is 0.309 e. The second kappa shape index (κ2) is 11.3. The van der Waals surface area contributed by atoms with E-state index in [1.165, 1.54) is 11.1 Å². The Morgan fingerprint density at radius 1 is 1.00 bits per heavy atom. The lowest BCUT2D eigenvalue weighted by Gasteiger charge is -2.39. The highest BCUT2D eigenvalue weighted by molar-refractivity contribution is 7.08. The molecule has 0 N–H and O–H groups in total. The minimum absolute atomic E-state index is 0.00730. The van der Waals surface area contributed by atoms with Gasteiger partial charge in [-0.15, -0.1) is 0 Å². The Bertz CT molecular complexity index is 1240. The molecule has 6 rings (SSSR count). The average molecular weight is 570 g/mol. The molecule has 0 saturated carbocycles. The molecule has 0 amide bonds. The number of hydrogen-bond acceptors (Lipinski definition) is 5. The van der Waals surface area contributed by atoms with E-state index in [0.29, 0.717) is 16.9 Å². The van der Waals surface area contributed by atoms with Gasteiger partial charge < -0.3 is 9.64 Å². The third-order valence-electron chi connectivity index (χ3n) is 8.75. The van der Waals surface area contributed by atoms with Crippen LogP contribution < -0.4 is 0 Å². The van der Waals surface area contributed by atoms with E-state index in [-0.39, 0.29) is 17.5 Å². The van der Waals surface area contributed by atoms with Crippen LogP contribution in [0.3, 0.4) is 0 Å². The molecule has 2 aromatic carbocycles. The predicted molar refractivity (Wildman–Crippen MR) is 155 cm³/mol. The third kappa shape index (κ3) is 5.83. The predicted octanol–water partition coefficient (Wildman–Crippen LogP) is 6.91. The summed E-state index contributed by atoms with van der Waals surface area (Å²) in [6.45, 7) is 5.98. The fourth-order valence-corrected chi connectivity index (χ4v) is 7.93. The number of esters is 1. The van der Waals surface area contributed by atoms with Gasteiger partial charge in [-0.25, -0.2) is 0 Å². The molecule has 0 bridgehead atoms. The van der Waals surface area contributed by atoms with Crippen LogP contribution in [-0.2, 0) is 22.5 Å². The highest BCUT2D eigenvalue weighted by Gasteiger charge is 2.48. The number of benzene rings is 2. The van der Waals surface area contributed by atoms with Crippen molar-refractivity contribution in [2.45, 2.75) is 43.7 Å². The van der Waals surface area contributed by atoms with Gasteiger partial charge in [0.05, 0.1) is 5.92 Å². The number of rotatable bonds is 7. The van der Waals surface area contributed by atoms with Crippen molar-refractivity contribution in [2.24, 2.45) is 11.8 Å². The number of hydrogen-bond donors (Lipinski definition) is 0. The summed E-state index contributed by atoms with van der Waals surface area (Å²) in [7, 11) is 0. The highest BCUT2D eigenvalue weighted by atomic mass is 35.5. The number of carbonyl (C=O) groups is 1. The molecule has 200 valence electrons. The van der Waals surface area contributed by atoms with Crippen LogP contribution >= 0.6 is 34.5 Å². The molecule has 0 aliphatic carbocycles. The molecule has 3 aliphatic heterocycles. The quantitative estimate of drug-likeness (QED) is 0.290. The van der Waals surface area contributed by atoms with Crippen LogP contribution in [0, 0.1) is 11.8 Å². The lowest BCUT2D eigenvalue weighted by Crippen LogP contribution is -2.46. The molecule has 3 fully saturated rings. The van der Waals surface area contributed by atoms with Gasteiger partial charge in [0, 0.05) is 61.7 Å². The first-order valence-corrected chi connectivity index (χ1v) is 15.3. The summed E-state index contributed by atoms with van der Waals surface area (Å²) in [6, 6.07) is 18.4. The largest absolute Gasteiger partial charge is 0.459 e. The second-order valence-corrected chi connectivity index (χ2v) is 13.0. The van der Waals surface area contributed by atoms with Crippen LogP contribution in [0.1, 0.15) is 41.9 Å². The van der Waals surface area contributed by atoms with Crippen LogP contribution in [0.4, 0.5) is 0 Å². The van der Waals surface area contributed by atoms with Crippen molar-refractivity contribution in [1.29, 1.82) is 0 Å². The van der Waals surface area contributed by atoms with Crippen LogP contribution in [-0.4, -0.2) is 54.1 Å². The van der Waals surface area contributed by atoms with Gasteiger partial charge in [-0.05, 0) is 70.8 Å². The number of piperidine rings is 1. The normalized spacial score (nSPS) is 25.7. The van der Waals surface area contributed by atoms with E-state index in [1.807, 2.05) is 30.3 Å². The summed E-state index contributed by atoms with van der Waals surface area (Å²) < 4.78 is 6.08. The Hall–Kier alpha value is -1.89. The van der Waals surface area contributed by atoms with Crippen molar-refractivity contribution in [2.75, 3.05) is 32.7 Å². The zero-order valence-corrected chi connectivity index (χ0v) is 23.9. The van der Waals surface area contributed by atoms with E-state index in [0.717, 1.165) is 75.5 Å². The lowest BCUT2D eigenvalue weighted by atomic mass is 9.82. The first kappa shape index (κ1) is 26.3. The van der Waals surface area contributed by atoms with Gasteiger partial charge >= 0.3 is 5.97 Å². The van der Waals surface area contributed by atoms with E-state index in [9.17, 15) is 4.79 Å². The van der Waals surface area contributed by atoms with Gasteiger partial charge in [0.2, 0.25) is 0 Å². The first-order chi connectivity index (χ1) is 18.5. The molecule has 0 radical (unpaired) electrons. The average Bonchev–Trinajstić information content (AvgIpc) is 3.63. The summed E-state index contributed by atoms with van der Waals surface area (Å²) in [5.41, 5.74) is 3.53. The van der Waals surface area contributed by atoms with Crippen molar-refractivity contribution in [1.82, 2.24) is 9.80 Å². The number of halogens is 2. The van der Waals surface area contributed by atoms with E-state index in [4.69, 9.17) is 27.9 Å². The van der Waals surface area contributed by atoms with E-state index in [2.05, 4.69) is 44.8 Å². The molecule has 38 heavy (non-hydrogen) atoms. The van der Waals surface area contributed by atoms with Gasteiger partial charge in [0.15, 0.2) is 0 Å². The Morgan fingerprint density at radius 3 is 2.55 bits per heavy atom. The fourth-order valence-electron chi connectivity index (χ4n) is 6.73. The van der Waals surface area contributed by atoms with Gasteiger partial charge in [-0.3, -0.25) is 9.69 Å². The molecule has 3 aromatic rings. The van der Waals surface area contributed by atoms with Gasteiger partial charge in [-0.1, -0.05) is 59.6 Å². The lowest BCUT2D eigenvalue weighted by molar-refractivity contribution is -0.153. The maximum absolute atomic E-state index is 12.8. The summed E-state index contributed by atoms with van der Waals surface area (Å²) in [6.07, 6.45) is 3.50. The van der Waals surface area contributed by atoms with Crippen LogP contribution in [0.2, 0.25) is 10.0 Å². The monoisotopic (exact) mass is 568 g/mol. The maximum atomic E-state index is 12.8. The molecule has 1 spiro atoms. The smallest absolute Gasteiger partial charge is 0.309 e. The Morgan fingerprint density at radius 2 is 1.82 bits per heavy atom. The Labute approximate surface area is 239 Å². The number of carbonyl (C=O) groups excluding carboxylic acids is 1. The molecular formula is C31H34Cl2N2O2S.